The van der Waals surface area contributed by atoms with Crippen molar-refractivity contribution < 1.29 is 4.79 Å². The van der Waals surface area contributed by atoms with Crippen molar-refractivity contribution in [3.63, 3.8) is 0 Å². The van der Waals surface area contributed by atoms with Gasteiger partial charge in [-0.3, -0.25) is 4.79 Å². The maximum atomic E-state index is 12.7. The van der Waals surface area contributed by atoms with Gasteiger partial charge in [0.05, 0.1) is 5.54 Å². The van der Waals surface area contributed by atoms with Gasteiger partial charge in [0.2, 0.25) is 5.91 Å². The monoisotopic (exact) mass is 272 g/mol. The number of hydrogen-bond donors (Lipinski definition) is 1. The topological polar surface area (TPSA) is 32.3 Å². The maximum Gasteiger partial charge on any atom is 0.223 e. The first kappa shape index (κ1) is 13.6. The number of hydrogen-bond acceptors (Lipinski definition) is 2. The number of rotatable bonds is 2. The van der Waals surface area contributed by atoms with Gasteiger partial charge in [0.25, 0.3) is 0 Å². The van der Waals surface area contributed by atoms with Crippen LogP contribution in [0, 0.1) is 5.92 Å². The third kappa shape index (κ3) is 2.35. The number of carbonyl (C=O) groups is 1. The standard InChI is InChI=1S/C17H24N2O/c1-17(2)15-6-4-3-5-14(15)8-10-19(17)16(20)11-13-7-9-18-12-13/h3-6,13,18H,7-12H2,1-2H3/t13-/m0/s1. The van der Waals surface area contributed by atoms with Crippen molar-refractivity contribution in [2.45, 2.75) is 38.6 Å². The molecule has 3 heteroatoms. The van der Waals surface area contributed by atoms with Crippen LogP contribution in [0.4, 0.5) is 0 Å². The van der Waals surface area contributed by atoms with Gasteiger partial charge >= 0.3 is 0 Å². The summed E-state index contributed by atoms with van der Waals surface area (Å²) in [4.78, 5) is 14.8. The lowest BCUT2D eigenvalue weighted by Crippen LogP contribution is -2.50. The van der Waals surface area contributed by atoms with Crippen molar-refractivity contribution in [3.8, 4) is 0 Å². The van der Waals surface area contributed by atoms with Crippen molar-refractivity contribution in [1.29, 1.82) is 0 Å². The van der Waals surface area contributed by atoms with E-state index in [0.29, 0.717) is 18.2 Å². The third-order valence-electron chi connectivity index (χ3n) is 4.88. The van der Waals surface area contributed by atoms with E-state index in [1.165, 1.54) is 11.1 Å². The number of fused-ring (bicyclic) bond motifs is 1. The SMILES string of the molecule is CC1(C)c2ccccc2CCN1C(=O)C[C@@H]1CCNC1. The van der Waals surface area contributed by atoms with Gasteiger partial charge in [-0.15, -0.1) is 0 Å². The van der Waals surface area contributed by atoms with Crippen LogP contribution in [0.15, 0.2) is 24.3 Å². The molecule has 1 aromatic carbocycles. The Morgan fingerprint density at radius 1 is 1.40 bits per heavy atom. The van der Waals surface area contributed by atoms with E-state index in [-0.39, 0.29) is 5.54 Å². The van der Waals surface area contributed by atoms with Gasteiger partial charge in [0.1, 0.15) is 0 Å². The normalized spacial score (nSPS) is 24.5. The molecule has 2 aliphatic rings. The van der Waals surface area contributed by atoms with E-state index < -0.39 is 0 Å². The minimum Gasteiger partial charge on any atom is -0.333 e. The first-order valence-corrected chi connectivity index (χ1v) is 7.68. The van der Waals surface area contributed by atoms with E-state index in [1.807, 2.05) is 0 Å². The predicted octanol–water partition coefficient (Wildman–Crippen LogP) is 2.31. The molecule has 0 saturated carbocycles. The zero-order valence-electron chi connectivity index (χ0n) is 12.5. The number of benzene rings is 1. The van der Waals surface area contributed by atoms with Gasteiger partial charge in [-0.2, -0.15) is 0 Å². The summed E-state index contributed by atoms with van der Waals surface area (Å²) in [5, 5.41) is 3.35. The van der Waals surface area contributed by atoms with Gasteiger partial charge in [0, 0.05) is 13.0 Å². The van der Waals surface area contributed by atoms with Crippen LogP contribution in [-0.4, -0.2) is 30.4 Å². The summed E-state index contributed by atoms with van der Waals surface area (Å²) < 4.78 is 0. The number of carbonyl (C=O) groups excluding carboxylic acids is 1. The molecule has 0 bridgehead atoms. The maximum absolute atomic E-state index is 12.7. The Bertz CT molecular complexity index is 503. The van der Waals surface area contributed by atoms with E-state index in [2.05, 4.69) is 48.3 Å². The van der Waals surface area contributed by atoms with Crippen LogP contribution in [0.1, 0.15) is 37.8 Å². The molecule has 2 heterocycles. The Morgan fingerprint density at radius 3 is 2.95 bits per heavy atom. The molecule has 0 aromatic heterocycles. The number of nitrogens with one attached hydrogen (secondary N) is 1. The van der Waals surface area contributed by atoms with Crippen molar-refractivity contribution in [2.75, 3.05) is 19.6 Å². The summed E-state index contributed by atoms with van der Waals surface area (Å²) in [6, 6.07) is 8.54. The Hall–Kier alpha value is -1.35. The van der Waals surface area contributed by atoms with Crippen LogP contribution < -0.4 is 5.32 Å². The lowest BCUT2D eigenvalue weighted by Gasteiger charge is -2.44. The van der Waals surface area contributed by atoms with Crippen molar-refractivity contribution >= 4 is 5.91 Å². The highest BCUT2D eigenvalue weighted by atomic mass is 16.2. The van der Waals surface area contributed by atoms with Crippen molar-refractivity contribution in [1.82, 2.24) is 10.2 Å². The Morgan fingerprint density at radius 2 is 2.20 bits per heavy atom. The van der Waals surface area contributed by atoms with Crippen LogP contribution in [0.3, 0.4) is 0 Å². The first-order valence-electron chi connectivity index (χ1n) is 7.68. The minimum absolute atomic E-state index is 0.183. The van der Waals surface area contributed by atoms with Gasteiger partial charge in [-0.05, 0) is 56.8 Å². The van der Waals surface area contributed by atoms with Crippen LogP contribution >= 0.6 is 0 Å². The third-order valence-corrected chi connectivity index (χ3v) is 4.88. The Kier molecular flexibility index (Phi) is 3.55. The number of amides is 1. The fourth-order valence-corrected chi connectivity index (χ4v) is 3.67. The average molecular weight is 272 g/mol. The molecular weight excluding hydrogens is 248 g/mol. The molecule has 3 rings (SSSR count). The summed E-state index contributed by atoms with van der Waals surface area (Å²) in [6.07, 6.45) is 2.81. The second-order valence-corrected chi connectivity index (χ2v) is 6.57. The molecular formula is C17H24N2O. The van der Waals surface area contributed by atoms with Gasteiger partial charge in [0.15, 0.2) is 0 Å². The molecule has 1 N–H and O–H groups in total. The zero-order valence-corrected chi connectivity index (χ0v) is 12.5. The van der Waals surface area contributed by atoms with Crippen LogP contribution in [0.5, 0.6) is 0 Å². The molecule has 1 saturated heterocycles. The average Bonchev–Trinajstić information content (AvgIpc) is 2.91. The Balaban J connectivity index is 1.79. The van der Waals surface area contributed by atoms with Crippen molar-refractivity contribution in [2.24, 2.45) is 5.92 Å². The molecule has 1 atom stereocenters. The van der Waals surface area contributed by atoms with Gasteiger partial charge < -0.3 is 10.2 Å². The molecule has 0 spiro atoms. The Labute approximate surface area is 121 Å². The second kappa shape index (κ2) is 5.21. The smallest absolute Gasteiger partial charge is 0.223 e. The molecule has 3 nitrogen and oxygen atoms in total. The van der Waals surface area contributed by atoms with Crippen molar-refractivity contribution in [3.05, 3.63) is 35.4 Å². The highest BCUT2D eigenvalue weighted by molar-refractivity contribution is 5.78. The lowest BCUT2D eigenvalue weighted by atomic mass is 9.83. The molecule has 0 aliphatic carbocycles. The highest BCUT2D eigenvalue weighted by Gasteiger charge is 2.37. The van der Waals surface area contributed by atoms with Crippen LogP contribution in [-0.2, 0) is 16.8 Å². The lowest BCUT2D eigenvalue weighted by molar-refractivity contribution is -0.138. The molecule has 1 aromatic rings. The largest absolute Gasteiger partial charge is 0.333 e. The molecule has 1 fully saturated rings. The summed E-state index contributed by atoms with van der Waals surface area (Å²) in [5.41, 5.74) is 2.52. The minimum atomic E-state index is -0.183. The van der Waals surface area contributed by atoms with Gasteiger partial charge in [-0.25, -0.2) is 0 Å². The molecule has 2 aliphatic heterocycles. The molecule has 1 amide bonds. The molecule has 0 radical (unpaired) electrons. The van der Waals surface area contributed by atoms with E-state index in [4.69, 9.17) is 0 Å². The quantitative estimate of drug-likeness (QED) is 0.896. The van der Waals surface area contributed by atoms with E-state index in [1.54, 1.807) is 0 Å². The van der Waals surface area contributed by atoms with E-state index in [0.717, 1.165) is 32.5 Å². The summed E-state index contributed by atoms with van der Waals surface area (Å²) in [7, 11) is 0. The van der Waals surface area contributed by atoms with Gasteiger partial charge in [-0.1, -0.05) is 24.3 Å². The summed E-state index contributed by atoms with van der Waals surface area (Å²) in [6.45, 7) is 7.26. The molecule has 108 valence electrons. The van der Waals surface area contributed by atoms with E-state index >= 15 is 0 Å². The second-order valence-electron chi connectivity index (χ2n) is 6.57. The summed E-state index contributed by atoms with van der Waals surface area (Å²) in [5.74, 6) is 0.841. The fraction of sp³-hybridized carbons (Fsp3) is 0.588. The first-order chi connectivity index (χ1) is 9.59. The highest BCUT2D eigenvalue weighted by Crippen LogP contribution is 2.35. The van der Waals surface area contributed by atoms with Crippen LogP contribution in [0.2, 0.25) is 0 Å². The summed E-state index contributed by atoms with van der Waals surface area (Å²) >= 11 is 0. The molecule has 20 heavy (non-hydrogen) atoms. The molecule has 0 unspecified atom stereocenters. The fourth-order valence-electron chi connectivity index (χ4n) is 3.67. The number of nitrogens with zero attached hydrogens (tertiary/aromatic N) is 1. The van der Waals surface area contributed by atoms with Crippen LogP contribution in [0.25, 0.3) is 0 Å². The predicted molar refractivity (Wildman–Crippen MR) is 80.5 cm³/mol. The zero-order chi connectivity index (χ0) is 14.2. The van der Waals surface area contributed by atoms with E-state index in [9.17, 15) is 4.79 Å².